The Kier molecular flexibility index (Phi) is 12.2. The van der Waals surface area contributed by atoms with Crippen molar-refractivity contribution in [2.45, 2.75) is 45.6 Å². The molecule has 1 aliphatic carbocycles. The molecule has 2 N–H and O–H groups in total. The Bertz CT molecular complexity index is 2830. The molecule has 0 bridgehead atoms. The van der Waals surface area contributed by atoms with Crippen LogP contribution >= 0.6 is 0 Å². The number of amides is 1. The van der Waals surface area contributed by atoms with Gasteiger partial charge in [0.15, 0.2) is 0 Å². The van der Waals surface area contributed by atoms with Crippen LogP contribution in [-0.4, -0.2) is 101 Å². The number of carbonyl (C=O) groups excluding carboxylic acids is 1. The molecule has 332 valence electrons. The van der Waals surface area contributed by atoms with Gasteiger partial charge in [0.25, 0.3) is 5.91 Å². The predicted molar refractivity (Wildman–Crippen MR) is 246 cm³/mol. The van der Waals surface area contributed by atoms with Crippen molar-refractivity contribution in [2.24, 2.45) is 5.92 Å². The van der Waals surface area contributed by atoms with Gasteiger partial charge in [0.2, 0.25) is 16.0 Å². The molecular weight excluding hydrogens is 837 g/mol. The van der Waals surface area contributed by atoms with Gasteiger partial charge >= 0.3 is 0 Å². The van der Waals surface area contributed by atoms with Crippen LogP contribution in [0.25, 0.3) is 33.9 Å². The van der Waals surface area contributed by atoms with Crippen molar-refractivity contribution in [1.29, 1.82) is 0 Å². The minimum absolute atomic E-state index is 0.273. The van der Waals surface area contributed by atoms with Crippen LogP contribution in [0.1, 0.15) is 55.5 Å². The number of piperazine rings is 1. The Hall–Kier alpha value is -6.23. The molecule has 1 unspecified atom stereocenters. The van der Waals surface area contributed by atoms with Gasteiger partial charge in [-0.25, -0.2) is 32.2 Å². The van der Waals surface area contributed by atoms with Gasteiger partial charge in [-0.3, -0.25) is 14.1 Å². The molecule has 0 spiro atoms. The standard InChI is InChI=1S/C48H51F2N9O4S/c1-4-31-27-33(28-31)36-14-12-32(29-37(36)47(60)55-45-38(49)9-8-10-39(45)50)44-46(59-20-7-6-11-43(59)54-44)41-16-19-51-48(53-41)52-40-15-13-35(30-42(40)63-5-2)56-21-17-34(18-22-56)57-23-25-58(26-24-57)64(3,61)62/h6-16,19-20,27,29-31,34H,4-5,17-18,21-26,28H2,1-3H3,(H,55,60)(H,51,52,53). The zero-order valence-corrected chi connectivity index (χ0v) is 36.9. The molecule has 1 amide bonds. The van der Waals surface area contributed by atoms with Crippen molar-refractivity contribution in [3.05, 3.63) is 120 Å². The van der Waals surface area contributed by atoms with Crippen LogP contribution in [0.15, 0.2) is 97.3 Å². The van der Waals surface area contributed by atoms with Crippen LogP contribution in [0.3, 0.4) is 0 Å². The molecule has 9 rings (SSSR count). The second-order valence-electron chi connectivity index (χ2n) is 16.5. The number of rotatable bonds is 13. The topological polar surface area (TPSA) is 137 Å². The SMILES string of the molecule is CCOc1cc(N2CCC(N3CCN(S(C)(=O)=O)CC3)CC2)ccc1Nc1nccc(-c2c(-c3ccc(C4=CC(CC)C4)c(C(=O)Nc4c(F)cccc4F)c3)nc3ccccn23)n1. The zero-order chi connectivity index (χ0) is 44.5. The lowest BCUT2D eigenvalue weighted by Crippen LogP contribution is -2.54. The number of para-hydroxylation sites is 1. The molecular formula is C48H51F2N9O4S. The Morgan fingerprint density at radius 2 is 1.66 bits per heavy atom. The number of hydrogen-bond acceptors (Lipinski definition) is 10. The van der Waals surface area contributed by atoms with E-state index in [1.807, 2.05) is 60.0 Å². The van der Waals surface area contributed by atoms with Gasteiger partial charge in [-0.2, -0.15) is 4.31 Å². The molecule has 2 saturated heterocycles. The number of carbonyl (C=O) groups is 1. The van der Waals surface area contributed by atoms with Gasteiger partial charge in [0.1, 0.15) is 28.7 Å². The molecule has 2 aliphatic heterocycles. The fourth-order valence-corrected chi connectivity index (χ4v) is 9.87. The Labute approximate surface area is 371 Å². The summed E-state index contributed by atoms with van der Waals surface area (Å²) in [4.78, 5) is 33.4. The van der Waals surface area contributed by atoms with Gasteiger partial charge in [0, 0.05) is 80.6 Å². The average Bonchev–Trinajstić information content (AvgIpc) is 3.68. The highest BCUT2D eigenvalue weighted by molar-refractivity contribution is 7.88. The minimum atomic E-state index is -3.17. The maximum absolute atomic E-state index is 14.8. The van der Waals surface area contributed by atoms with Crippen molar-refractivity contribution in [1.82, 2.24) is 28.6 Å². The van der Waals surface area contributed by atoms with Crippen molar-refractivity contribution < 1.29 is 26.7 Å². The molecule has 1 atom stereocenters. The zero-order valence-electron chi connectivity index (χ0n) is 36.1. The largest absolute Gasteiger partial charge is 0.492 e. The lowest BCUT2D eigenvalue weighted by molar-refractivity contribution is 0.102. The number of hydrogen-bond donors (Lipinski definition) is 2. The molecule has 64 heavy (non-hydrogen) atoms. The van der Waals surface area contributed by atoms with E-state index in [-0.39, 0.29) is 5.56 Å². The number of benzene rings is 3. The lowest BCUT2D eigenvalue weighted by Gasteiger charge is -2.42. The maximum atomic E-state index is 14.8. The minimum Gasteiger partial charge on any atom is -0.492 e. The van der Waals surface area contributed by atoms with E-state index in [4.69, 9.17) is 14.7 Å². The normalized spacial score (nSPS) is 17.5. The lowest BCUT2D eigenvalue weighted by atomic mass is 9.79. The van der Waals surface area contributed by atoms with Gasteiger partial charge in [-0.15, -0.1) is 0 Å². The summed E-state index contributed by atoms with van der Waals surface area (Å²) in [6.45, 7) is 8.84. The maximum Gasteiger partial charge on any atom is 0.256 e. The monoisotopic (exact) mass is 887 g/mol. The summed E-state index contributed by atoms with van der Waals surface area (Å²) in [6.07, 6.45) is 10.7. The number of pyridine rings is 1. The van der Waals surface area contributed by atoms with E-state index >= 15 is 0 Å². The predicted octanol–water partition coefficient (Wildman–Crippen LogP) is 8.49. The number of allylic oxidation sites excluding steroid dienone is 2. The fraction of sp³-hybridized carbons (Fsp3) is 0.333. The first-order valence-electron chi connectivity index (χ1n) is 21.9. The van der Waals surface area contributed by atoms with Crippen LogP contribution in [0.4, 0.5) is 31.8 Å². The quantitative estimate of drug-likeness (QED) is 0.116. The molecule has 3 aliphatic rings. The number of nitrogens with zero attached hydrogens (tertiary/aromatic N) is 7. The molecule has 0 radical (unpaired) electrons. The van der Waals surface area contributed by atoms with Crippen molar-refractivity contribution in [3.63, 3.8) is 0 Å². The molecule has 5 heterocycles. The number of sulfonamides is 1. The first kappa shape index (κ1) is 43.0. The van der Waals surface area contributed by atoms with E-state index < -0.39 is 33.3 Å². The molecule has 16 heteroatoms. The van der Waals surface area contributed by atoms with Crippen LogP contribution in [0.2, 0.25) is 0 Å². The molecule has 3 aromatic carbocycles. The Morgan fingerprint density at radius 3 is 2.38 bits per heavy atom. The number of anilines is 4. The second kappa shape index (κ2) is 18.1. The summed E-state index contributed by atoms with van der Waals surface area (Å²) >= 11 is 0. The molecule has 13 nitrogen and oxygen atoms in total. The number of fused-ring (bicyclic) bond motifs is 1. The van der Waals surface area contributed by atoms with E-state index in [0.29, 0.717) is 82.9 Å². The van der Waals surface area contributed by atoms with Gasteiger partial charge in [-0.05, 0) is 98.2 Å². The van der Waals surface area contributed by atoms with Crippen LogP contribution in [0, 0.1) is 17.6 Å². The third kappa shape index (κ3) is 8.81. The average molecular weight is 888 g/mol. The summed E-state index contributed by atoms with van der Waals surface area (Å²) in [7, 11) is -3.17. The van der Waals surface area contributed by atoms with E-state index in [9.17, 15) is 22.0 Å². The number of nitrogens with one attached hydrogen (secondary N) is 2. The molecule has 2 fully saturated rings. The third-order valence-corrected chi connectivity index (χ3v) is 13.9. The molecule has 3 aromatic heterocycles. The highest BCUT2D eigenvalue weighted by Crippen LogP contribution is 2.41. The highest BCUT2D eigenvalue weighted by Gasteiger charge is 2.31. The van der Waals surface area contributed by atoms with Gasteiger partial charge < -0.3 is 20.3 Å². The number of ether oxygens (including phenoxy) is 1. The fourth-order valence-electron chi connectivity index (χ4n) is 9.04. The third-order valence-electron chi connectivity index (χ3n) is 12.6. The summed E-state index contributed by atoms with van der Waals surface area (Å²) in [5.41, 5.74) is 6.29. The summed E-state index contributed by atoms with van der Waals surface area (Å²) in [5, 5.41) is 5.89. The first-order valence-corrected chi connectivity index (χ1v) is 23.7. The van der Waals surface area contributed by atoms with Crippen molar-refractivity contribution >= 4 is 50.2 Å². The molecule has 6 aromatic rings. The Balaban J connectivity index is 0.985. The number of halogens is 2. The van der Waals surface area contributed by atoms with E-state index in [2.05, 4.69) is 44.5 Å². The Morgan fingerprint density at radius 1 is 0.891 bits per heavy atom. The summed E-state index contributed by atoms with van der Waals surface area (Å²) < 4.78 is 63.2. The second-order valence-corrected chi connectivity index (χ2v) is 18.5. The number of imidazole rings is 1. The molecule has 0 saturated carbocycles. The smallest absolute Gasteiger partial charge is 0.256 e. The van der Waals surface area contributed by atoms with E-state index in [0.717, 1.165) is 75.3 Å². The van der Waals surface area contributed by atoms with Crippen LogP contribution in [0.5, 0.6) is 5.75 Å². The number of aromatic nitrogens is 4. The summed E-state index contributed by atoms with van der Waals surface area (Å²) in [6, 6.07) is 23.0. The van der Waals surface area contributed by atoms with Gasteiger partial charge in [0.05, 0.1) is 35.6 Å². The number of piperidine rings is 1. The van der Waals surface area contributed by atoms with Crippen molar-refractivity contribution in [2.75, 3.05) is 67.7 Å². The van der Waals surface area contributed by atoms with Crippen LogP contribution in [-0.2, 0) is 10.0 Å². The van der Waals surface area contributed by atoms with Gasteiger partial charge in [-0.1, -0.05) is 37.3 Å². The van der Waals surface area contributed by atoms with E-state index in [1.165, 1.54) is 12.3 Å². The summed E-state index contributed by atoms with van der Waals surface area (Å²) in [5.74, 6) is -0.962. The van der Waals surface area contributed by atoms with E-state index in [1.54, 1.807) is 22.6 Å². The van der Waals surface area contributed by atoms with Crippen molar-refractivity contribution in [3.8, 4) is 28.4 Å². The highest BCUT2D eigenvalue weighted by atomic mass is 32.2. The van der Waals surface area contributed by atoms with Crippen LogP contribution < -0.4 is 20.3 Å². The first-order chi connectivity index (χ1) is 31.0.